The van der Waals surface area contributed by atoms with E-state index >= 15 is 0 Å². The van der Waals surface area contributed by atoms with E-state index < -0.39 is 5.97 Å². The van der Waals surface area contributed by atoms with Crippen LogP contribution in [0, 0.1) is 0 Å². The number of ether oxygens (including phenoxy) is 1. The molecule has 13 heavy (non-hydrogen) atoms. The fraction of sp³-hybridized carbons (Fsp3) is 0.500. The Labute approximate surface area is 76.0 Å². The second-order valence-corrected chi connectivity index (χ2v) is 2.52. The van der Waals surface area contributed by atoms with Crippen molar-refractivity contribution in [2.45, 2.75) is 20.1 Å². The molecule has 1 N–H and O–H groups in total. The molecule has 0 aliphatic heterocycles. The molecule has 0 aliphatic carbocycles. The van der Waals surface area contributed by atoms with Gasteiger partial charge in [0.25, 0.3) is 0 Å². The number of hydrogen-bond acceptors (Lipinski definition) is 3. The van der Waals surface area contributed by atoms with Crippen LogP contribution in [0.4, 0.5) is 0 Å². The van der Waals surface area contributed by atoms with E-state index in [4.69, 9.17) is 9.84 Å². The van der Waals surface area contributed by atoms with Crippen LogP contribution in [0.2, 0.25) is 0 Å². The zero-order valence-corrected chi connectivity index (χ0v) is 7.43. The van der Waals surface area contributed by atoms with Crippen LogP contribution < -0.4 is 0 Å². The first-order valence-corrected chi connectivity index (χ1v) is 4.03. The number of nitrogens with zero attached hydrogens (tertiary/aromatic N) is 2. The highest BCUT2D eigenvalue weighted by Gasteiger charge is 2.02. The summed E-state index contributed by atoms with van der Waals surface area (Å²) in [5.41, 5.74) is 0. The van der Waals surface area contributed by atoms with Gasteiger partial charge in [0.05, 0.1) is 0 Å². The second-order valence-electron chi connectivity index (χ2n) is 2.52. The standard InChI is InChI=1S/C8H12N2O3/c1-2-10-4-3-9-7(10)5-13-6-8(11)12/h3-4H,2,5-6H2,1H3,(H,11,12). The Morgan fingerprint density at radius 3 is 3.15 bits per heavy atom. The molecule has 0 amide bonds. The van der Waals surface area contributed by atoms with Crippen molar-refractivity contribution >= 4 is 5.97 Å². The number of aryl methyl sites for hydroxylation is 1. The summed E-state index contributed by atoms with van der Waals surface area (Å²) in [6, 6.07) is 0. The first-order valence-electron chi connectivity index (χ1n) is 4.03. The topological polar surface area (TPSA) is 64.4 Å². The quantitative estimate of drug-likeness (QED) is 0.723. The molecule has 0 saturated carbocycles. The van der Waals surface area contributed by atoms with Crippen molar-refractivity contribution in [1.82, 2.24) is 9.55 Å². The van der Waals surface area contributed by atoms with Crippen LogP contribution in [-0.4, -0.2) is 27.2 Å². The van der Waals surface area contributed by atoms with Crippen LogP contribution in [0.1, 0.15) is 12.7 Å². The van der Waals surface area contributed by atoms with Crippen LogP contribution in [0.25, 0.3) is 0 Å². The average Bonchev–Trinajstić information content (AvgIpc) is 2.51. The average molecular weight is 184 g/mol. The molecule has 72 valence electrons. The van der Waals surface area contributed by atoms with E-state index in [-0.39, 0.29) is 13.2 Å². The maximum absolute atomic E-state index is 10.1. The zero-order chi connectivity index (χ0) is 9.68. The highest BCUT2D eigenvalue weighted by molar-refractivity contribution is 5.67. The van der Waals surface area contributed by atoms with Gasteiger partial charge in [-0.1, -0.05) is 0 Å². The summed E-state index contributed by atoms with van der Waals surface area (Å²) in [5.74, 6) is -0.210. The number of rotatable bonds is 5. The third kappa shape index (κ3) is 2.87. The number of aromatic nitrogens is 2. The minimum atomic E-state index is -0.963. The molecule has 5 heteroatoms. The lowest BCUT2D eigenvalue weighted by molar-refractivity contribution is -0.142. The van der Waals surface area contributed by atoms with Crippen LogP contribution in [0.3, 0.4) is 0 Å². The largest absolute Gasteiger partial charge is 0.480 e. The smallest absolute Gasteiger partial charge is 0.329 e. The highest BCUT2D eigenvalue weighted by atomic mass is 16.5. The number of imidazole rings is 1. The van der Waals surface area contributed by atoms with Gasteiger partial charge in [-0.25, -0.2) is 9.78 Å². The summed E-state index contributed by atoms with van der Waals surface area (Å²) >= 11 is 0. The van der Waals surface area contributed by atoms with Gasteiger partial charge in [0, 0.05) is 18.9 Å². The van der Waals surface area contributed by atoms with Crippen LogP contribution in [0.15, 0.2) is 12.4 Å². The molecule has 0 aliphatic rings. The van der Waals surface area contributed by atoms with E-state index in [9.17, 15) is 4.79 Å². The molecule has 0 fully saturated rings. The van der Waals surface area contributed by atoms with Crippen molar-refractivity contribution in [2.75, 3.05) is 6.61 Å². The third-order valence-electron chi connectivity index (χ3n) is 1.60. The summed E-state index contributed by atoms with van der Waals surface area (Å²) in [4.78, 5) is 14.2. The first kappa shape index (κ1) is 9.73. The Kier molecular flexibility index (Phi) is 3.45. The maximum Gasteiger partial charge on any atom is 0.329 e. The van der Waals surface area contributed by atoms with Gasteiger partial charge in [-0.3, -0.25) is 0 Å². The Balaban J connectivity index is 2.40. The van der Waals surface area contributed by atoms with E-state index in [1.807, 2.05) is 17.7 Å². The summed E-state index contributed by atoms with van der Waals surface area (Å²) in [5, 5.41) is 8.32. The summed E-state index contributed by atoms with van der Waals surface area (Å²) in [6.07, 6.45) is 3.50. The molecule has 1 heterocycles. The van der Waals surface area contributed by atoms with Crippen LogP contribution in [-0.2, 0) is 22.7 Å². The van der Waals surface area contributed by atoms with Crippen LogP contribution >= 0.6 is 0 Å². The Morgan fingerprint density at radius 1 is 1.77 bits per heavy atom. The van der Waals surface area contributed by atoms with Gasteiger partial charge in [-0.15, -0.1) is 0 Å². The van der Waals surface area contributed by atoms with Crippen molar-refractivity contribution < 1.29 is 14.6 Å². The monoisotopic (exact) mass is 184 g/mol. The van der Waals surface area contributed by atoms with Gasteiger partial charge in [0.2, 0.25) is 0 Å². The third-order valence-corrected chi connectivity index (χ3v) is 1.60. The summed E-state index contributed by atoms with van der Waals surface area (Å²) in [7, 11) is 0. The number of carboxylic acids is 1. The molecule has 0 atom stereocenters. The van der Waals surface area contributed by atoms with Gasteiger partial charge >= 0.3 is 5.97 Å². The SMILES string of the molecule is CCn1ccnc1COCC(=O)O. The van der Waals surface area contributed by atoms with Crippen molar-refractivity contribution in [3.63, 3.8) is 0 Å². The van der Waals surface area contributed by atoms with Crippen molar-refractivity contribution in [3.05, 3.63) is 18.2 Å². The number of aliphatic carboxylic acids is 1. The van der Waals surface area contributed by atoms with Crippen molar-refractivity contribution in [2.24, 2.45) is 0 Å². The van der Waals surface area contributed by atoms with E-state index in [0.29, 0.717) is 0 Å². The molecule has 0 spiro atoms. The van der Waals surface area contributed by atoms with Gasteiger partial charge in [-0.05, 0) is 6.92 Å². The van der Waals surface area contributed by atoms with Gasteiger partial charge in [0.15, 0.2) is 0 Å². The lowest BCUT2D eigenvalue weighted by atomic mass is 10.6. The maximum atomic E-state index is 10.1. The minimum absolute atomic E-state index is 0.243. The number of carbonyl (C=O) groups is 1. The predicted molar refractivity (Wildman–Crippen MR) is 45.2 cm³/mol. The lowest BCUT2D eigenvalue weighted by Gasteiger charge is -2.03. The Morgan fingerprint density at radius 2 is 2.54 bits per heavy atom. The first-order chi connectivity index (χ1) is 6.24. The van der Waals surface area contributed by atoms with E-state index in [1.54, 1.807) is 6.20 Å². The molecular formula is C8H12N2O3. The molecule has 1 aromatic heterocycles. The lowest BCUT2D eigenvalue weighted by Crippen LogP contribution is -2.09. The Bertz CT molecular complexity index is 283. The predicted octanol–water partition coefficient (Wildman–Crippen LogP) is 0.504. The molecule has 5 nitrogen and oxygen atoms in total. The number of carboxylic acid groups (broad SMARTS) is 1. The molecule has 1 aromatic rings. The van der Waals surface area contributed by atoms with Gasteiger partial charge in [-0.2, -0.15) is 0 Å². The van der Waals surface area contributed by atoms with E-state index in [2.05, 4.69) is 4.98 Å². The number of hydrogen-bond donors (Lipinski definition) is 1. The molecule has 0 saturated heterocycles. The fourth-order valence-corrected chi connectivity index (χ4v) is 0.998. The molecule has 1 rings (SSSR count). The van der Waals surface area contributed by atoms with E-state index in [0.717, 1.165) is 12.4 Å². The second kappa shape index (κ2) is 4.61. The minimum Gasteiger partial charge on any atom is -0.480 e. The summed E-state index contributed by atoms with van der Waals surface area (Å²) < 4.78 is 6.80. The van der Waals surface area contributed by atoms with Crippen molar-refractivity contribution in [1.29, 1.82) is 0 Å². The van der Waals surface area contributed by atoms with Gasteiger partial charge in [0.1, 0.15) is 19.0 Å². The highest BCUT2D eigenvalue weighted by Crippen LogP contribution is 1.98. The normalized spacial score (nSPS) is 10.2. The van der Waals surface area contributed by atoms with Crippen molar-refractivity contribution in [3.8, 4) is 0 Å². The molecule has 0 radical (unpaired) electrons. The molecular weight excluding hydrogens is 172 g/mol. The molecule has 0 bridgehead atoms. The zero-order valence-electron chi connectivity index (χ0n) is 7.43. The Hall–Kier alpha value is -1.36. The summed E-state index contributed by atoms with van der Waals surface area (Å²) in [6.45, 7) is 2.76. The van der Waals surface area contributed by atoms with Crippen LogP contribution in [0.5, 0.6) is 0 Å². The molecule has 0 aromatic carbocycles. The van der Waals surface area contributed by atoms with E-state index in [1.165, 1.54) is 0 Å². The molecule has 0 unspecified atom stereocenters. The van der Waals surface area contributed by atoms with Gasteiger partial charge < -0.3 is 14.4 Å². The fourth-order valence-electron chi connectivity index (χ4n) is 0.998.